The Morgan fingerprint density at radius 3 is 2.47 bits per heavy atom. The molecule has 0 spiro atoms. The van der Waals surface area contributed by atoms with Crippen molar-refractivity contribution in [3.8, 4) is 0 Å². The second-order valence-corrected chi connectivity index (χ2v) is 6.56. The average molecular weight is 288 g/mol. The highest BCUT2D eigenvalue weighted by molar-refractivity contribution is 7.99. The Morgan fingerprint density at radius 1 is 1.42 bits per heavy atom. The molecule has 110 valence electrons. The molecule has 2 amide bonds. The topological polar surface area (TPSA) is 69.6 Å². The van der Waals surface area contributed by atoms with Crippen molar-refractivity contribution in [1.29, 1.82) is 0 Å². The molecular formula is C13H24N2O3S. The van der Waals surface area contributed by atoms with Crippen molar-refractivity contribution in [1.82, 2.24) is 10.2 Å². The van der Waals surface area contributed by atoms with Crippen molar-refractivity contribution < 1.29 is 14.7 Å². The Labute approximate surface area is 119 Å². The predicted octanol–water partition coefficient (Wildman–Crippen LogP) is 2.17. The van der Waals surface area contributed by atoms with Gasteiger partial charge in [-0.05, 0) is 46.3 Å². The van der Waals surface area contributed by atoms with E-state index in [1.54, 1.807) is 20.8 Å². The average Bonchev–Trinajstić information content (AvgIpc) is 2.76. The van der Waals surface area contributed by atoms with Crippen LogP contribution >= 0.6 is 11.8 Å². The van der Waals surface area contributed by atoms with Gasteiger partial charge in [0, 0.05) is 17.8 Å². The Morgan fingerprint density at radius 2 is 2.05 bits per heavy atom. The lowest BCUT2D eigenvalue weighted by molar-refractivity contribution is -0.147. The van der Waals surface area contributed by atoms with Crippen LogP contribution in [0.15, 0.2) is 0 Å². The van der Waals surface area contributed by atoms with Crippen molar-refractivity contribution in [3.05, 3.63) is 0 Å². The zero-order valence-electron chi connectivity index (χ0n) is 12.1. The quantitative estimate of drug-likeness (QED) is 0.813. The normalized spacial score (nSPS) is 23.2. The number of thioether (sulfide) groups is 1. The molecule has 1 saturated carbocycles. The fourth-order valence-electron chi connectivity index (χ4n) is 2.45. The van der Waals surface area contributed by atoms with Gasteiger partial charge in [0.1, 0.15) is 5.54 Å². The molecule has 2 N–H and O–H groups in total. The summed E-state index contributed by atoms with van der Waals surface area (Å²) in [6.07, 6.45) is 5.14. The van der Waals surface area contributed by atoms with Crippen LogP contribution in [0, 0.1) is 0 Å². The van der Waals surface area contributed by atoms with Crippen molar-refractivity contribution in [2.75, 3.05) is 12.8 Å². The molecule has 0 saturated heterocycles. The number of carboxylic acid groups (broad SMARTS) is 1. The van der Waals surface area contributed by atoms with Gasteiger partial charge in [0.05, 0.1) is 0 Å². The minimum absolute atomic E-state index is 0.170. The minimum atomic E-state index is -1.18. The molecule has 0 bridgehead atoms. The number of urea groups is 1. The lowest BCUT2D eigenvalue weighted by Crippen LogP contribution is -2.57. The Hall–Kier alpha value is -0.910. The van der Waals surface area contributed by atoms with Crippen LogP contribution in [-0.2, 0) is 4.79 Å². The largest absolute Gasteiger partial charge is 0.480 e. The third-order valence-electron chi connectivity index (χ3n) is 3.80. The summed E-state index contributed by atoms with van der Waals surface area (Å²) in [6, 6.07) is -0.106. The maximum Gasteiger partial charge on any atom is 0.329 e. The summed E-state index contributed by atoms with van der Waals surface area (Å²) in [5, 5.41) is 12.8. The van der Waals surface area contributed by atoms with Crippen LogP contribution in [0.4, 0.5) is 4.79 Å². The number of carboxylic acids is 1. The molecular weight excluding hydrogens is 264 g/mol. The number of nitrogens with zero attached hydrogens (tertiary/aromatic N) is 1. The van der Waals surface area contributed by atoms with E-state index in [4.69, 9.17) is 0 Å². The van der Waals surface area contributed by atoms with Crippen LogP contribution in [0.2, 0.25) is 0 Å². The van der Waals surface area contributed by atoms with E-state index >= 15 is 0 Å². The Balaban J connectivity index is 2.63. The number of rotatable bonds is 5. The summed E-state index contributed by atoms with van der Waals surface area (Å²) in [6.45, 7) is 5.28. The number of carbonyl (C=O) groups is 2. The van der Waals surface area contributed by atoms with E-state index in [2.05, 4.69) is 11.6 Å². The van der Waals surface area contributed by atoms with E-state index in [1.165, 1.54) is 4.90 Å². The van der Waals surface area contributed by atoms with Gasteiger partial charge in [0.15, 0.2) is 0 Å². The molecule has 0 aromatic rings. The number of nitrogens with one attached hydrogen (secondary N) is 1. The van der Waals surface area contributed by atoms with Gasteiger partial charge in [-0.15, -0.1) is 0 Å². The maximum atomic E-state index is 12.2. The molecule has 0 aliphatic heterocycles. The zero-order chi connectivity index (χ0) is 14.6. The van der Waals surface area contributed by atoms with Gasteiger partial charge >= 0.3 is 12.0 Å². The van der Waals surface area contributed by atoms with Gasteiger partial charge in [-0.25, -0.2) is 9.59 Å². The maximum absolute atomic E-state index is 12.2. The van der Waals surface area contributed by atoms with Crippen LogP contribution in [-0.4, -0.2) is 51.6 Å². The second-order valence-electron chi connectivity index (χ2n) is 5.43. The Bertz CT molecular complexity index is 347. The van der Waals surface area contributed by atoms with Crippen molar-refractivity contribution >= 4 is 23.8 Å². The van der Waals surface area contributed by atoms with E-state index < -0.39 is 11.5 Å². The summed E-state index contributed by atoms with van der Waals surface area (Å²) < 4.78 is 0. The molecule has 1 aliphatic rings. The van der Waals surface area contributed by atoms with Crippen molar-refractivity contribution in [2.45, 2.75) is 56.9 Å². The first kappa shape index (κ1) is 16.1. The molecule has 5 nitrogen and oxygen atoms in total. The predicted molar refractivity (Wildman–Crippen MR) is 77.6 cm³/mol. The number of carbonyl (C=O) groups excluding carboxylic acids is 1. The van der Waals surface area contributed by atoms with Crippen LogP contribution in [0.25, 0.3) is 0 Å². The molecule has 0 aromatic heterocycles. The van der Waals surface area contributed by atoms with Crippen LogP contribution in [0.5, 0.6) is 0 Å². The molecule has 1 aliphatic carbocycles. The third-order valence-corrected chi connectivity index (χ3v) is 4.90. The first-order chi connectivity index (χ1) is 8.82. The van der Waals surface area contributed by atoms with Gasteiger partial charge in [-0.1, -0.05) is 0 Å². The van der Waals surface area contributed by atoms with Crippen LogP contribution < -0.4 is 5.32 Å². The molecule has 0 aromatic carbocycles. The number of aliphatic carboxylic acids is 1. The van der Waals surface area contributed by atoms with Gasteiger partial charge in [-0.3, -0.25) is 0 Å². The summed E-state index contributed by atoms with van der Waals surface area (Å²) in [4.78, 5) is 24.8. The van der Waals surface area contributed by atoms with Crippen LogP contribution in [0.3, 0.4) is 0 Å². The molecule has 6 heteroatoms. The van der Waals surface area contributed by atoms with E-state index in [9.17, 15) is 14.7 Å². The van der Waals surface area contributed by atoms with E-state index in [-0.39, 0.29) is 12.1 Å². The highest BCUT2D eigenvalue weighted by atomic mass is 32.2. The lowest BCUT2D eigenvalue weighted by Gasteiger charge is -2.35. The highest BCUT2D eigenvalue weighted by Crippen LogP contribution is 2.28. The molecule has 0 radical (unpaired) electrons. The first-order valence-corrected chi connectivity index (χ1v) is 7.96. The number of amides is 2. The standard InChI is InChI=1S/C13H24N2O3S/c1-5-15(13(2,3)11(16)17)12(18)14-9-6-7-10(8-9)19-4/h9-10H,5-8H2,1-4H3,(H,14,18)(H,16,17). The first-order valence-electron chi connectivity index (χ1n) is 6.67. The molecule has 19 heavy (non-hydrogen) atoms. The van der Waals surface area contributed by atoms with Gasteiger partial charge in [-0.2, -0.15) is 11.8 Å². The van der Waals surface area contributed by atoms with Crippen molar-refractivity contribution in [3.63, 3.8) is 0 Å². The van der Waals surface area contributed by atoms with E-state index in [1.807, 2.05) is 11.8 Å². The molecule has 1 rings (SSSR count). The van der Waals surface area contributed by atoms with Gasteiger partial charge < -0.3 is 15.3 Å². The van der Waals surface area contributed by atoms with E-state index in [0.717, 1.165) is 19.3 Å². The fraction of sp³-hybridized carbons (Fsp3) is 0.846. The number of hydrogen-bond donors (Lipinski definition) is 2. The number of likely N-dealkylation sites (N-methyl/N-ethyl adjacent to an activating group) is 1. The molecule has 2 unspecified atom stereocenters. The monoisotopic (exact) mass is 288 g/mol. The second kappa shape index (κ2) is 6.50. The summed E-state index contributed by atoms with van der Waals surface area (Å²) in [5.41, 5.74) is -1.18. The third kappa shape index (κ3) is 3.78. The van der Waals surface area contributed by atoms with Crippen molar-refractivity contribution in [2.24, 2.45) is 0 Å². The van der Waals surface area contributed by atoms with Crippen LogP contribution in [0.1, 0.15) is 40.0 Å². The molecule has 2 atom stereocenters. The highest BCUT2D eigenvalue weighted by Gasteiger charge is 2.38. The summed E-state index contributed by atoms with van der Waals surface area (Å²) in [7, 11) is 0. The summed E-state index contributed by atoms with van der Waals surface area (Å²) in [5.74, 6) is -0.988. The number of hydrogen-bond acceptors (Lipinski definition) is 3. The van der Waals surface area contributed by atoms with Gasteiger partial charge in [0.25, 0.3) is 0 Å². The summed E-state index contributed by atoms with van der Waals surface area (Å²) >= 11 is 1.83. The minimum Gasteiger partial charge on any atom is -0.480 e. The fourth-order valence-corrected chi connectivity index (χ4v) is 3.24. The Kier molecular flexibility index (Phi) is 5.52. The lowest BCUT2D eigenvalue weighted by atomic mass is 10.0. The van der Waals surface area contributed by atoms with E-state index in [0.29, 0.717) is 11.8 Å². The van der Waals surface area contributed by atoms with Gasteiger partial charge in [0.2, 0.25) is 0 Å². The zero-order valence-corrected chi connectivity index (χ0v) is 12.9. The molecule has 1 fully saturated rings. The smallest absolute Gasteiger partial charge is 0.329 e. The SMILES string of the molecule is CCN(C(=O)NC1CCC(SC)C1)C(C)(C)C(=O)O. The molecule has 0 heterocycles.